The maximum atomic E-state index is 6.76. The fourth-order valence-corrected chi connectivity index (χ4v) is 8.89. The van der Waals surface area contributed by atoms with Gasteiger partial charge in [-0.3, -0.25) is 0 Å². The number of fused-ring (bicyclic) bond motifs is 13. The highest BCUT2D eigenvalue weighted by Crippen LogP contribution is 2.50. The number of rotatable bonds is 3. The summed E-state index contributed by atoms with van der Waals surface area (Å²) in [6.07, 6.45) is 0. The van der Waals surface area contributed by atoms with Crippen LogP contribution in [-0.4, -0.2) is 14.5 Å². The van der Waals surface area contributed by atoms with E-state index in [0.717, 1.165) is 66.4 Å². The second-order valence-corrected chi connectivity index (χ2v) is 13.6. The molecule has 4 nitrogen and oxygen atoms in total. The lowest BCUT2D eigenvalue weighted by atomic mass is 10.0. The molecule has 0 radical (unpaired) electrons. The van der Waals surface area contributed by atoms with Gasteiger partial charge in [0.15, 0.2) is 11.4 Å². The monoisotopic (exact) mass is 643 g/mol. The summed E-state index contributed by atoms with van der Waals surface area (Å²) in [5.41, 5.74) is 9.07. The first-order valence-electron chi connectivity index (χ1n) is 16.4. The first-order valence-corrected chi connectivity index (χ1v) is 17.2. The molecule has 0 aliphatic carbocycles. The fraction of sp³-hybridized carbons (Fsp3) is 0. The van der Waals surface area contributed by atoms with E-state index in [4.69, 9.17) is 14.4 Å². The number of para-hydroxylation sites is 3. The van der Waals surface area contributed by atoms with Gasteiger partial charge in [-0.25, -0.2) is 9.97 Å². The van der Waals surface area contributed by atoms with Crippen molar-refractivity contribution in [1.82, 2.24) is 14.5 Å². The predicted octanol–water partition coefficient (Wildman–Crippen LogP) is 12.3. The number of nitrogens with zero attached hydrogens (tertiary/aromatic N) is 3. The van der Waals surface area contributed by atoms with Crippen molar-refractivity contribution in [2.45, 2.75) is 0 Å². The molecule has 11 rings (SSSR count). The molecule has 7 aromatic carbocycles. The highest BCUT2D eigenvalue weighted by Gasteiger charge is 2.25. The summed E-state index contributed by atoms with van der Waals surface area (Å²) in [5.74, 6) is 0.699. The predicted molar refractivity (Wildman–Crippen MR) is 205 cm³/mol. The number of aromatic nitrogens is 3. The zero-order valence-corrected chi connectivity index (χ0v) is 26.9. The minimum Gasteiger partial charge on any atom is -0.454 e. The molecule has 0 saturated carbocycles. The molecule has 228 valence electrons. The van der Waals surface area contributed by atoms with Gasteiger partial charge in [0.25, 0.3) is 0 Å². The Balaban J connectivity index is 1.27. The largest absolute Gasteiger partial charge is 0.454 e. The third-order valence-electron chi connectivity index (χ3n) is 9.77. The van der Waals surface area contributed by atoms with Gasteiger partial charge in [0.1, 0.15) is 5.58 Å². The molecule has 49 heavy (non-hydrogen) atoms. The standard InChI is InChI=1S/C44H25N3OS/c1-2-13-26(14-3-1)40-29-17-4-8-21-33(29)45-44(46-40)27-15-12-16-28(25-27)47-34-22-9-5-18-30(34)37-38-32-20-7-11-24-36(32)49-43(38)42-39(41(37)47)31-19-6-10-23-35(31)48-42/h1-25H. The van der Waals surface area contributed by atoms with Crippen molar-refractivity contribution in [2.75, 3.05) is 0 Å². The average Bonchev–Trinajstić information content (AvgIpc) is 3.85. The van der Waals surface area contributed by atoms with Gasteiger partial charge in [-0.05, 0) is 36.4 Å². The second-order valence-electron chi connectivity index (χ2n) is 12.5. The summed E-state index contributed by atoms with van der Waals surface area (Å²) in [7, 11) is 0. The fourth-order valence-electron chi connectivity index (χ4n) is 7.70. The maximum absolute atomic E-state index is 6.76. The molecule has 0 spiro atoms. The zero-order valence-electron chi connectivity index (χ0n) is 26.1. The van der Waals surface area contributed by atoms with Crippen LogP contribution in [0.3, 0.4) is 0 Å². The average molecular weight is 644 g/mol. The molecule has 4 aromatic heterocycles. The molecule has 0 unspecified atom stereocenters. The SMILES string of the molecule is c1ccc(-c2nc(-c3cccc(-n4c5ccccc5c5c6c7ccccc7sc6c6oc7ccccc7c6c54)c3)nc3ccccc23)cc1. The summed E-state index contributed by atoms with van der Waals surface area (Å²) in [4.78, 5) is 10.3. The molecule has 0 N–H and O–H groups in total. The minimum absolute atomic E-state index is 0.699. The third-order valence-corrected chi connectivity index (χ3v) is 10.9. The van der Waals surface area contributed by atoms with Crippen LogP contribution in [0.5, 0.6) is 0 Å². The van der Waals surface area contributed by atoms with Crippen molar-refractivity contribution in [3.8, 4) is 28.3 Å². The van der Waals surface area contributed by atoms with Crippen molar-refractivity contribution in [1.29, 1.82) is 0 Å². The molecule has 0 aliphatic heterocycles. The summed E-state index contributed by atoms with van der Waals surface area (Å²) < 4.78 is 11.6. The molecular formula is C44H25N3OS. The number of benzene rings is 7. The Morgan fingerprint density at radius 3 is 2.14 bits per heavy atom. The van der Waals surface area contributed by atoms with Crippen LogP contribution in [0.2, 0.25) is 0 Å². The van der Waals surface area contributed by atoms with Crippen LogP contribution in [0.15, 0.2) is 156 Å². The highest BCUT2D eigenvalue weighted by molar-refractivity contribution is 7.27. The molecule has 0 bridgehead atoms. The molecule has 0 saturated heterocycles. The van der Waals surface area contributed by atoms with Crippen LogP contribution >= 0.6 is 11.3 Å². The van der Waals surface area contributed by atoms with E-state index in [0.29, 0.717) is 5.82 Å². The van der Waals surface area contributed by atoms with Crippen molar-refractivity contribution in [2.24, 2.45) is 0 Å². The Kier molecular flexibility index (Phi) is 5.51. The van der Waals surface area contributed by atoms with E-state index in [9.17, 15) is 0 Å². The second kappa shape index (κ2) is 10.1. The molecule has 4 heterocycles. The lowest BCUT2D eigenvalue weighted by Gasteiger charge is -2.12. The molecule has 5 heteroatoms. The van der Waals surface area contributed by atoms with Gasteiger partial charge < -0.3 is 8.98 Å². The molecule has 0 atom stereocenters. The van der Waals surface area contributed by atoms with Crippen molar-refractivity contribution >= 4 is 86.2 Å². The van der Waals surface area contributed by atoms with Crippen LogP contribution < -0.4 is 0 Å². The van der Waals surface area contributed by atoms with Gasteiger partial charge in [-0.2, -0.15) is 0 Å². The van der Waals surface area contributed by atoms with Crippen LogP contribution in [-0.2, 0) is 0 Å². The lowest BCUT2D eigenvalue weighted by molar-refractivity contribution is 0.673. The van der Waals surface area contributed by atoms with Crippen molar-refractivity contribution in [3.63, 3.8) is 0 Å². The summed E-state index contributed by atoms with van der Waals surface area (Å²) in [6, 6.07) is 53.2. The summed E-state index contributed by atoms with van der Waals surface area (Å²) >= 11 is 1.82. The highest BCUT2D eigenvalue weighted by atomic mass is 32.1. The van der Waals surface area contributed by atoms with Gasteiger partial charge in [-0.15, -0.1) is 11.3 Å². The minimum atomic E-state index is 0.699. The van der Waals surface area contributed by atoms with E-state index in [1.165, 1.54) is 30.9 Å². The van der Waals surface area contributed by atoms with Crippen LogP contribution in [0, 0.1) is 0 Å². The zero-order chi connectivity index (χ0) is 32.1. The van der Waals surface area contributed by atoms with Gasteiger partial charge in [-0.1, -0.05) is 115 Å². The van der Waals surface area contributed by atoms with E-state index in [1.54, 1.807) is 0 Å². The molecular weight excluding hydrogens is 619 g/mol. The Morgan fingerprint density at radius 1 is 0.531 bits per heavy atom. The van der Waals surface area contributed by atoms with Crippen LogP contribution in [0.1, 0.15) is 0 Å². The van der Waals surface area contributed by atoms with Gasteiger partial charge >= 0.3 is 0 Å². The van der Waals surface area contributed by atoms with E-state index < -0.39 is 0 Å². The van der Waals surface area contributed by atoms with Gasteiger partial charge in [0, 0.05) is 53.8 Å². The van der Waals surface area contributed by atoms with Crippen molar-refractivity contribution in [3.05, 3.63) is 152 Å². The van der Waals surface area contributed by atoms with E-state index in [2.05, 4.69) is 144 Å². The summed E-state index contributed by atoms with van der Waals surface area (Å²) in [6.45, 7) is 0. The summed E-state index contributed by atoms with van der Waals surface area (Å²) in [5, 5.41) is 8.27. The Morgan fingerprint density at radius 2 is 1.24 bits per heavy atom. The number of hydrogen-bond acceptors (Lipinski definition) is 4. The van der Waals surface area contributed by atoms with Crippen LogP contribution in [0.4, 0.5) is 0 Å². The molecule has 0 amide bonds. The number of hydrogen-bond donors (Lipinski definition) is 0. The molecule has 0 fully saturated rings. The normalized spacial score (nSPS) is 12.1. The van der Waals surface area contributed by atoms with E-state index in [1.807, 2.05) is 23.5 Å². The molecule has 11 aromatic rings. The van der Waals surface area contributed by atoms with E-state index >= 15 is 0 Å². The quantitative estimate of drug-likeness (QED) is 0.192. The van der Waals surface area contributed by atoms with E-state index in [-0.39, 0.29) is 0 Å². The Bertz CT molecular complexity index is 3110. The first kappa shape index (κ1) is 26.7. The Hall–Kier alpha value is -6.30. The topological polar surface area (TPSA) is 43.9 Å². The van der Waals surface area contributed by atoms with Crippen LogP contribution in [0.25, 0.3) is 103 Å². The number of furan rings is 1. The first-order chi connectivity index (χ1) is 24.3. The lowest BCUT2D eigenvalue weighted by Crippen LogP contribution is -1.98. The van der Waals surface area contributed by atoms with Gasteiger partial charge in [0.2, 0.25) is 0 Å². The number of thiophene rings is 1. The van der Waals surface area contributed by atoms with Crippen molar-refractivity contribution < 1.29 is 4.42 Å². The molecule has 0 aliphatic rings. The third kappa shape index (κ3) is 3.79. The smallest absolute Gasteiger partial charge is 0.160 e. The Labute approximate surface area is 284 Å². The van der Waals surface area contributed by atoms with Gasteiger partial charge in [0.05, 0.1) is 32.3 Å². The maximum Gasteiger partial charge on any atom is 0.160 e.